The largest absolute Gasteiger partial charge is 0.463 e. The highest BCUT2D eigenvalue weighted by molar-refractivity contribution is 5.95. The zero-order valence-corrected chi connectivity index (χ0v) is 16.0. The van der Waals surface area contributed by atoms with Crippen molar-refractivity contribution in [3.05, 3.63) is 48.1 Å². The standard InChI is InChI=1S/C20H23N5O3/c1-14-5-3-9-24(12-14)19(26)15-11-22-25(17(15)13-27-2)20-21-8-7-16(23-20)18-6-4-10-28-18/h4,6-8,10-11,14H,3,5,9,12-13H2,1-2H3/t14-/m0/s1. The molecule has 8 nitrogen and oxygen atoms in total. The minimum atomic E-state index is -0.0213. The van der Waals surface area contributed by atoms with Crippen LogP contribution in [0.4, 0.5) is 0 Å². The van der Waals surface area contributed by atoms with Crippen LogP contribution in [0.3, 0.4) is 0 Å². The number of likely N-dealkylation sites (tertiary alicyclic amines) is 1. The third-order valence-corrected chi connectivity index (χ3v) is 4.93. The predicted octanol–water partition coefficient (Wildman–Crippen LogP) is 2.94. The van der Waals surface area contributed by atoms with Crippen LogP contribution < -0.4 is 0 Å². The van der Waals surface area contributed by atoms with Crippen LogP contribution in [0, 0.1) is 5.92 Å². The third kappa shape index (κ3) is 3.55. The van der Waals surface area contributed by atoms with Crippen molar-refractivity contribution < 1.29 is 13.9 Å². The number of carbonyl (C=O) groups is 1. The van der Waals surface area contributed by atoms with E-state index in [4.69, 9.17) is 9.15 Å². The molecule has 0 spiro atoms. The molecule has 1 aliphatic heterocycles. The fraction of sp³-hybridized carbons (Fsp3) is 0.400. The molecular formula is C20H23N5O3. The van der Waals surface area contributed by atoms with Crippen LogP contribution >= 0.6 is 0 Å². The quantitative estimate of drug-likeness (QED) is 0.675. The molecule has 1 fully saturated rings. The maximum atomic E-state index is 13.1. The Kier molecular flexibility index (Phi) is 5.21. The lowest BCUT2D eigenvalue weighted by Crippen LogP contribution is -2.39. The molecule has 1 amide bonds. The van der Waals surface area contributed by atoms with Gasteiger partial charge in [0, 0.05) is 26.4 Å². The molecule has 4 rings (SSSR count). The first-order chi connectivity index (χ1) is 13.7. The van der Waals surface area contributed by atoms with Crippen molar-refractivity contribution in [2.75, 3.05) is 20.2 Å². The third-order valence-electron chi connectivity index (χ3n) is 4.93. The van der Waals surface area contributed by atoms with E-state index in [0.717, 1.165) is 25.9 Å². The van der Waals surface area contributed by atoms with Crippen LogP contribution in [0.1, 0.15) is 35.8 Å². The van der Waals surface area contributed by atoms with Gasteiger partial charge in [-0.25, -0.2) is 9.97 Å². The molecule has 0 radical (unpaired) electrons. The van der Waals surface area contributed by atoms with Crippen LogP contribution in [0.25, 0.3) is 17.4 Å². The number of hydrogen-bond acceptors (Lipinski definition) is 6. The Morgan fingerprint density at radius 1 is 1.39 bits per heavy atom. The van der Waals surface area contributed by atoms with Crippen molar-refractivity contribution in [1.29, 1.82) is 0 Å². The van der Waals surface area contributed by atoms with Gasteiger partial charge in [-0.05, 0) is 37.0 Å². The Morgan fingerprint density at radius 2 is 2.29 bits per heavy atom. The molecule has 1 saturated heterocycles. The highest BCUT2D eigenvalue weighted by atomic mass is 16.5. The van der Waals surface area contributed by atoms with E-state index < -0.39 is 0 Å². The van der Waals surface area contributed by atoms with Crippen LogP contribution in [-0.2, 0) is 11.3 Å². The number of rotatable bonds is 5. The minimum Gasteiger partial charge on any atom is -0.463 e. The highest BCUT2D eigenvalue weighted by Crippen LogP contribution is 2.22. The fourth-order valence-corrected chi connectivity index (χ4v) is 3.56. The van der Waals surface area contributed by atoms with Crippen molar-refractivity contribution in [3.8, 4) is 17.4 Å². The van der Waals surface area contributed by atoms with Gasteiger partial charge in [0.25, 0.3) is 11.9 Å². The normalized spacial score (nSPS) is 17.1. The van der Waals surface area contributed by atoms with E-state index >= 15 is 0 Å². The lowest BCUT2D eigenvalue weighted by Gasteiger charge is -2.30. The topological polar surface area (TPSA) is 86.3 Å². The van der Waals surface area contributed by atoms with Crippen LogP contribution in [0.5, 0.6) is 0 Å². The van der Waals surface area contributed by atoms with Gasteiger partial charge in [0.15, 0.2) is 5.76 Å². The number of hydrogen-bond donors (Lipinski definition) is 0. The van der Waals surface area contributed by atoms with Gasteiger partial charge in [-0.3, -0.25) is 4.79 Å². The Bertz CT molecular complexity index is 951. The summed E-state index contributed by atoms with van der Waals surface area (Å²) < 4.78 is 12.3. The van der Waals surface area contributed by atoms with E-state index in [1.165, 1.54) is 0 Å². The summed E-state index contributed by atoms with van der Waals surface area (Å²) in [5, 5.41) is 4.40. The second-order valence-corrected chi connectivity index (χ2v) is 7.07. The second-order valence-electron chi connectivity index (χ2n) is 7.07. The lowest BCUT2D eigenvalue weighted by atomic mass is 9.99. The summed E-state index contributed by atoms with van der Waals surface area (Å²) in [5.74, 6) is 1.49. The van der Waals surface area contributed by atoms with E-state index in [2.05, 4.69) is 22.0 Å². The summed E-state index contributed by atoms with van der Waals surface area (Å²) in [6, 6.07) is 5.40. The van der Waals surface area contributed by atoms with Crippen molar-refractivity contribution >= 4 is 5.91 Å². The Morgan fingerprint density at radius 3 is 3.04 bits per heavy atom. The molecule has 4 heterocycles. The first kappa shape index (κ1) is 18.4. The number of nitrogens with zero attached hydrogens (tertiary/aromatic N) is 5. The maximum absolute atomic E-state index is 13.1. The Labute approximate surface area is 163 Å². The summed E-state index contributed by atoms with van der Waals surface area (Å²) in [6.07, 6.45) is 7.00. The molecule has 28 heavy (non-hydrogen) atoms. The molecule has 0 aromatic carbocycles. The zero-order chi connectivity index (χ0) is 19.5. The van der Waals surface area contributed by atoms with Gasteiger partial charge in [0.1, 0.15) is 5.69 Å². The van der Waals surface area contributed by atoms with Gasteiger partial charge in [-0.2, -0.15) is 9.78 Å². The highest BCUT2D eigenvalue weighted by Gasteiger charge is 2.27. The number of ether oxygens (including phenoxy) is 1. The molecule has 3 aromatic heterocycles. The Balaban J connectivity index is 1.69. The van der Waals surface area contributed by atoms with E-state index in [9.17, 15) is 4.79 Å². The number of amides is 1. The van der Waals surface area contributed by atoms with E-state index in [1.807, 2.05) is 11.0 Å². The van der Waals surface area contributed by atoms with Gasteiger partial charge in [0.2, 0.25) is 0 Å². The second kappa shape index (κ2) is 7.93. The SMILES string of the molecule is COCc1c(C(=O)N2CCC[C@H](C)C2)cnn1-c1nccc(-c2ccco2)n1. The number of methoxy groups -OCH3 is 1. The van der Waals surface area contributed by atoms with Crippen molar-refractivity contribution in [1.82, 2.24) is 24.6 Å². The summed E-state index contributed by atoms with van der Waals surface area (Å²) in [5.41, 5.74) is 1.82. The molecule has 1 atom stereocenters. The minimum absolute atomic E-state index is 0.0213. The zero-order valence-electron chi connectivity index (χ0n) is 16.0. The molecule has 146 valence electrons. The van der Waals surface area contributed by atoms with Gasteiger partial charge >= 0.3 is 0 Å². The molecule has 0 aliphatic carbocycles. The van der Waals surface area contributed by atoms with Gasteiger partial charge in [-0.1, -0.05) is 6.92 Å². The van der Waals surface area contributed by atoms with Crippen molar-refractivity contribution in [2.45, 2.75) is 26.4 Å². The Hall–Kier alpha value is -3.00. The first-order valence-corrected chi connectivity index (χ1v) is 9.39. The predicted molar refractivity (Wildman–Crippen MR) is 102 cm³/mol. The summed E-state index contributed by atoms with van der Waals surface area (Å²) in [6.45, 7) is 3.94. The molecule has 0 unspecified atom stereocenters. The molecule has 0 saturated carbocycles. The molecule has 1 aliphatic rings. The molecule has 0 bridgehead atoms. The van der Waals surface area contributed by atoms with E-state index in [-0.39, 0.29) is 12.5 Å². The molecular weight excluding hydrogens is 358 g/mol. The van der Waals surface area contributed by atoms with Crippen LogP contribution in [0.15, 0.2) is 41.3 Å². The summed E-state index contributed by atoms with van der Waals surface area (Å²) >= 11 is 0. The summed E-state index contributed by atoms with van der Waals surface area (Å²) in [7, 11) is 1.59. The monoisotopic (exact) mass is 381 g/mol. The van der Waals surface area contributed by atoms with Gasteiger partial charge in [-0.15, -0.1) is 0 Å². The molecule has 8 heteroatoms. The number of piperidine rings is 1. The van der Waals surface area contributed by atoms with Crippen molar-refractivity contribution in [2.24, 2.45) is 5.92 Å². The van der Waals surface area contributed by atoms with Gasteiger partial charge in [0.05, 0.1) is 30.3 Å². The number of furan rings is 1. The number of carbonyl (C=O) groups excluding carboxylic acids is 1. The van der Waals surface area contributed by atoms with Crippen LogP contribution in [0.2, 0.25) is 0 Å². The van der Waals surface area contributed by atoms with Crippen molar-refractivity contribution in [3.63, 3.8) is 0 Å². The average molecular weight is 381 g/mol. The molecule has 0 N–H and O–H groups in total. The summed E-state index contributed by atoms with van der Waals surface area (Å²) in [4.78, 5) is 23.9. The number of aromatic nitrogens is 4. The van der Waals surface area contributed by atoms with E-state index in [1.54, 1.807) is 42.6 Å². The fourth-order valence-electron chi connectivity index (χ4n) is 3.56. The molecule has 3 aromatic rings. The van der Waals surface area contributed by atoms with E-state index in [0.29, 0.717) is 34.6 Å². The maximum Gasteiger partial charge on any atom is 0.257 e. The smallest absolute Gasteiger partial charge is 0.257 e. The van der Waals surface area contributed by atoms with Gasteiger partial charge < -0.3 is 14.1 Å². The lowest BCUT2D eigenvalue weighted by molar-refractivity contribution is 0.0678. The van der Waals surface area contributed by atoms with Crippen LogP contribution in [-0.4, -0.2) is 50.8 Å². The first-order valence-electron chi connectivity index (χ1n) is 9.39. The average Bonchev–Trinajstić information content (AvgIpc) is 3.38.